The van der Waals surface area contributed by atoms with E-state index in [1.165, 1.54) is 0 Å². The fourth-order valence-electron chi connectivity index (χ4n) is 6.08. The van der Waals surface area contributed by atoms with Crippen molar-refractivity contribution in [2.45, 2.75) is 31.3 Å². The highest BCUT2D eigenvalue weighted by Crippen LogP contribution is 2.37. The zero-order valence-corrected chi connectivity index (χ0v) is 25.2. The molecule has 0 aliphatic carbocycles. The van der Waals surface area contributed by atoms with Crippen molar-refractivity contribution in [1.29, 1.82) is 0 Å². The number of carboxylic acids is 1. The lowest BCUT2D eigenvalue weighted by Gasteiger charge is -2.27. The summed E-state index contributed by atoms with van der Waals surface area (Å²) in [5.74, 6) is -1.75. The minimum Gasteiger partial charge on any atom is -0.478 e. The van der Waals surface area contributed by atoms with Crippen LogP contribution in [0.3, 0.4) is 0 Å². The van der Waals surface area contributed by atoms with Gasteiger partial charge in [0.05, 0.1) is 5.39 Å². The fraction of sp³-hybridized carbons (Fsp3) is 0.344. The molecular weight excluding hydrogens is 587 g/mol. The standard InChI is InChI=1S/C32H32ClFN6O4/c1-38-14-5-8-21(38)18-44-32-36-30-23(31(37-32)39(2)20-13-15-40(17-20)25(41)11-12-26(42)43)16-35-29(28(30)34)22-9-3-6-19-7-4-10-24(33)27(19)22/h3-4,6-7,9-12,16,20-21H,5,8,13-15,17-18H2,1-2H3,(H,42,43)/b12-11+. The molecule has 2 aliphatic rings. The number of likely N-dealkylation sites (tertiary alicyclic amines) is 2. The number of hydrogen-bond donors (Lipinski definition) is 1. The van der Waals surface area contributed by atoms with Gasteiger partial charge in [-0.15, -0.1) is 0 Å². The Hall–Kier alpha value is -4.35. The molecule has 0 bridgehead atoms. The summed E-state index contributed by atoms with van der Waals surface area (Å²) in [5, 5.41) is 11.3. The second-order valence-corrected chi connectivity index (χ2v) is 11.7. The van der Waals surface area contributed by atoms with Crippen LogP contribution in [0.2, 0.25) is 5.02 Å². The molecule has 1 amide bonds. The highest BCUT2D eigenvalue weighted by Gasteiger charge is 2.31. The Morgan fingerprint density at radius 2 is 1.95 bits per heavy atom. The summed E-state index contributed by atoms with van der Waals surface area (Å²) < 4.78 is 22.6. The molecule has 2 saturated heterocycles. The molecule has 2 aromatic carbocycles. The summed E-state index contributed by atoms with van der Waals surface area (Å²) in [6, 6.07) is 11.2. The second kappa shape index (κ2) is 12.3. The first-order chi connectivity index (χ1) is 21.2. The van der Waals surface area contributed by atoms with Gasteiger partial charge in [0.25, 0.3) is 0 Å². The van der Waals surface area contributed by atoms with Crippen LogP contribution in [-0.4, -0.2) is 94.2 Å². The molecule has 0 saturated carbocycles. The third-order valence-corrected chi connectivity index (χ3v) is 8.87. The lowest BCUT2D eigenvalue weighted by Crippen LogP contribution is -2.37. The third kappa shape index (κ3) is 5.77. The van der Waals surface area contributed by atoms with Crippen LogP contribution in [0.5, 0.6) is 6.01 Å². The monoisotopic (exact) mass is 618 g/mol. The van der Waals surface area contributed by atoms with Gasteiger partial charge in [-0.2, -0.15) is 9.97 Å². The molecule has 10 nitrogen and oxygen atoms in total. The van der Waals surface area contributed by atoms with Crippen LogP contribution in [0.25, 0.3) is 32.9 Å². The summed E-state index contributed by atoms with van der Waals surface area (Å²) in [6.07, 6.45) is 6.13. The number of anilines is 1. The minimum atomic E-state index is -1.19. The quantitative estimate of drug-likeness (QED) is 0.279. The highest BCUT2D eigenvalue weighted by molar-refractivity contribution is 6.36. The summed E-state index contributed by atoms with van der Waals surface area (Å²) in [7, 11) is 3.88. The Morgan fingerprint density at radius 3 is 2.70 bits per heavy atom. The van der Waals surface area contributed by atoms with Crippen LogP contribution in [0, 0.1) is 5.82 Å². The van der Waals surface area contributed by atoms with Gasteiger partial charge in [-0.05, 0) is 44.3 Å². The number of hydrogen-bond acceptors (Lipinski definition) is 8. The van der Waals surface area contributed by atoms with Crippen molar-refractivity contribution in [3.8, 4) is 17.3 Å². The highest BCUT2D eigenvalue weighted by atomic mass is 35.5. The largest absolute Gasteiger partial charge is 0.478 e. The number of pyridine rings is 1. The van der Waals surface area contributed by atoms with Crippen LogP contribution in [0.1, 0.15) is 19.3 Å². The van der Waals surface area contributed by atoms with E-state index >= 15 is 4.39 Å². The molecule has 2 atom stereocenters. The molecule has 2 aliphatic heterocycles. The fourth-order valence-corrected chi connectivity index (χ4v) is 6.36. The number of likely N-dealkylation sites (N-methyl/N-ethyl adjacent to an activating group) is 2. The van der Waals surface area contributed by atoms with Crippen LogP contribution in [0.15, 0.2) is 54.7 Å². The first-order valence-electron chi connectivity index (χ1n) is 14.5. The number of fused-ring (bicyclic) bond motifs is 2. The summed E-state index contributed by atoms with van der Waals surface area (Å²) in [5.41, 5.74) is 0.740. The van der Waals surface area contributed by atoms with Gasteiger partial charge in [-0.3, -0.25) is 9.78 Å². The molecule has 6 rings (SSSR count). The van der Waals surface area contributed by atoms with Gasteiger partial charge >= 0.3 is 12.0 Å². The smallest absolute Gasteiger partial charge is 0.328 e. The van der Waals surface area contributed by atoms with Gasteiger partial charge in [0.15, 0.2) is 5.82 Å². The molecule has 44 heavy (non-hydrogen) atoms. The summed E-state index contributed by atoms with van der Waals surface area (Å²) >= 11 is 6.56. The van der Waals surface area contributed by atoms with Crippen molar-refractivity contribution in [1.82, 2.24) is 24.8 Å². The number of aromatic nitrogens is 3. The van der Waals surface area contributed by atoms with Crippen LogP contribution < -0.4 is 9.64 Å². The number of carbonyl (C=O) groups excluding carboxylic acids is 1. The number of carboxylic acid groups (broad SMARTS) is 1. The van der Waals surface area contributed by atoms with Gasteiger partial charge < -0.3 is 24.5 Å². The minimum absolute atomic E-state index is 0.0574. The van der Waals surface area contributed by atoms with Gasteiger partial charge in [0, 0.05) is 66.5 Å². The zero-order chi connectivity index (χ0) is 31.0. The van der Waals surface area contributed by atoms with E-state index in [-0.39, 0.29) is 35.2 Å². The third-order valence-electron chi connectivity index (χ3n) is 8.55. The molecule has 2 aromatic heterocycles. The van der Waals surface area contributed by atoms with E-state index in [2.05, 4.69) is 14.9 Å². The van der Waals surface area contributed by atoms with E-state index in [1.54, 1.807) is 23.2 Å². The number of amides is 1. The van der Waals surface area contributed by atoms with E-state index in [1.807, 2.05) is 43.3 Å². The van der Waals surface area contributed by atoms with Crippen molar-refractivity contribution >= 4 is 51.0 Å². The Morgan fingerprint density at radius 1 is 1.16 bits per heavy atom. The van der Waals surface area contributed by atoms with Gasteiger partial charge in [-0.1, -0.05) is 41.9 Å². The first kappa shape index (κ1) is 29.7. The van der Waals surface area contributed by atoms with Gasteiger partial charge in [0.1, 0.15) is 23.6 Å². The molecule has 4 heterocycles. The molecule has 12 heteroatoms. The predicted molar refractivity (Wildman–Crippen MR) is 167 cm³/mol. The lowest BCUT2D eigenvalue weighted by molar-refractivity contribution is -0.132. The Balaban J connectivity index is 1.40. The van der Waals surface area contributed by atoms with Crippen LogP contribution >= 0.6 is 11.6 Å². The first-order valence-corrected chi connectivity index (χ1v) is 14.9. The predicted octanol–water partition coefficient (Wildman–Crippen LogP) is 4.79. The normalized spacial score (nSPS) is 19.0. The van der Waals surface area contributed by atoms with E-state index in [0.717, 1.165) is 36.9 Å². The van der Waals surface area contributed by atoms with Gasteiger partial charge in [0.2, 0.25) is 5.91 Å². The summed E-state index contributed by atoms with van der Waals surface area (Å²) in [6.45, 7) is 2.13. The molecule has 0 spiro atoms. The van der Waals surface area contributed by atoms with Crippen molar-refractivity contribution in [2.24, 2.45) is 0 Å². The average molecular weight is 619 g/mol. The SMILES string of the molecule is CN1CCCC1COc1nc(N(C)C2CCN(C(=O)/C=C/C(=O)O)C2)c2cnc(-c3cccc4cccc(Cl)c34)c(F)c2n1. The Labute approximate surface area is 258 Å². The maximum absolute atomic E-state index is 16.5. The molecule has 2 fully saturated rings. The number of rotatable bonds is 8. The molecular formula is C32H32ClFN6O4. The zero-order valence-electron chi connectivity index (χ0n) is 24.4. The number of ether oxygens (including phenoxy) is 1. The van der Waals surface area contributed by atoms with Crippen LogP contribution in [0.4, 0.5) is 10.2 Å². The molecule has 228 valence electrons. The van der Waals surface area contributed by atoms with Crippen molar-refractivity contribution in [3.05, 3.63) is 65.6 Å². The number of halogens is 2. The van der Waals surface area contributed by atoms with E-state index < -0.39 is 11.8 Å². The number of carbonyl (C=O) groups is 2. The average Bonchev–Trinajstić information content (AvgIpc) is 3.68. The number of benzene rings is 2. The van der Waals surface area contributed by atoms with Gasteiger partial charge in [-0.25, -0.2) is 9.18 Å². The second-order valence-electron chi connectivity index (χ2n) is 11.3. The van der Waals surface area contributed by atoms with Crippen molar-refractivity contribution in [3.63, 3.8) is 0 Å². The van der Waals surface area contributed by atoms with Crippen LogP contribution in [-0.2, 0) is 9.59 Å². The Kier molecular flexibility index (Phi) is 8.33. The van der Waals surface area contributed by atoms with E-state index in [0.29, 0.717) is 53.3 Å². The topological polar surface area (TPSA) is 112 Å². The molecule has 1 N–H and O–H groups in total. The van der Waals surface area contributed by atoms with Crippen molar-refractivity contribution in [2.75, 3.05) is 45.2 Å². The van der Waals surface area contributed by atoms with E-state index in [4.69, 9.17) is 26.4 Å². The number of aliphatic carboxylic acids is 1. The van der Waals surface area contributed by atoms with E-state index in [9.17, 15) is 9.59 Å². The Bertz CT molecular complexity index is 1780. The lowest BCUT2D eigenvalue weighted by atomic mass is 10.0. The molecule has 2 unspecified atom stereocenters. The van der Waals surface area contributed by atoms with Crippen molar-refractivity contribution < 1.29 is 23.8 Å². The maximum atomic E-state index is 16.5. The molecule has 4 aromatic rings. The summed E-state index contributed by atoms with van der Waals surface area (Å²) in [4.78, 5) is 42.9. The maximum Gasteiger partial charge on any atom is 0.328 e. The number of nitrogens with zero attached hydrogens (tertiary/aromatic N) is 6. The molecule has 0 radical (unpaired) electrons.